The van der Waals surface area contributed by atoms with E-state index in [1.807, 2.05) is 6.26 Å². The van der Waals surface area contributed by atoms with Crippen LogP contribution in [0.15, 0.2) is 39.9 Å². The van der Waals surface area contributed by atoms with Crippen LogP contribution in [0.5, 0.6) is 0 Å². The highest BCUT2D eigenvalue weighted by Crippen LogP contribution is 2.29. The first-order valence-electron chi connectivity index (χ1n) is 6.89. The Morgan fingerprint density at radius 1 is 1.29 bits per heavy atom. The molecule has 0 aliphatic heterocycles. The number of rotatable bonds is 7. The second-order valence-electron chi connectivity index (χ2n) is 4.79. The minimum absolute atomic E-state index is 0.0740. The average Bonchev–Trinajstić information content (AvgIpc) is 2.50. The standard InChI is InChI=1S/C15H17F3N2O3S/c1-10(12-4-6-13(7-5-12)15(16,17)18)19-11(2)14(24-3)8-9-23-20(21)22/h4-7H,8-9H2,1-3H3/b14-11-,19-10?. The molecule has 1 rings (SSSR count). The summed E-state index contributed by atoms with van der Waals surface area (Å²) in [5.74, 6) is 0. The predicted octanol–water partition coefficient (Wildman–Crippen LogP) is 4.71. The Morgan fingerprint density at radius 2 is 1.88 bits per heavy atom. The summed E-state index contributed by atoms with van der Waals surface area (Å²) in [7, 11) is 0. The lowest BCUT2D eigenvalue weighted by Gasteiger charge is -2.09. The summed E-state index contributed by atoms with van der Waals surface area (Å²) in [6, 6.07) is 4.74. The molecule has 24 heavy (non-hydrogen) atoms. The largest absolute Gasteiger partial charge is 0.416 e. The first-order chi connectivity index (χ1) is 11.1. The fourth-order valence-corrected chi connectivity index (χ4v) is 2.55. The second-order valence-corrected chi connectivity index (χ2v) is 5.69. The van der Waals surface area contributed by atoms with Gasteiger partial charge in [0.25, 0.3) is 5.09 Å². The molecule has 0 fully saturated rings. The molecule has 0 aromatic heterocycles. The molecule has 0 radical (unpaired) electrons. The van der Waals surface area contributed by atoms with Crippen LogP contribution in [-0.2, 0) is 11.0 Å². The smallest absolute Gasteiger partial charge is 0.314 e. The van der Waals surface area contributed by atoms with E-state index in [0.29, 0.717) is 23.4 Å². The molecule has 0 bridgehead atoms. The Kier molecular flexibility index (Phi) is 7.27. The van der Waals surface area contributed by atoms with Gasteiger partial charge in [-0.25, -0.2) is 0 Å². The highest BCUT2D eigenvalue weighted by atomic mass is 32.2. The van der Waals surface area contributed by atoms with Crippen molar-refractivity contribution in [3.05, 3.63) is 56.1 Å². The van der Waals surface area contributed by atoms with Crippen LogP contribution in [0.2, 0.25) is 0 Å². The quantitative estimate of drug-likeness (QED) is 0.400. The van der Waals surface area contributed by atoms with E-state index < -0.39 is 16.8 Å². The van der Waals surface area contributed by atoms with E-state index in [2.05, 4.69) is 9.83 Å². The third-order valence-electron chi connectivity index (χ3n) is 3.14. The Morgan fingerprint density at radius 3 is 2.33 bits per heavy atom. The van der Waals surface area contributed by atoms with Gasteiger partial charge in [0.05, 0.1) is 5.56 Å². The molecule has 0 amide bonds. The van der Waals surface area contributed by atoms with Gasteiger partial charge < -0.3 is 4.84 Å². The molecular weight excluding hydrogens is 345 g/mol. The van der Waals surface area contributed by atoms with Gasteiger partial charge in [-0.2, -0.15) is 13.2 Å². The maximum Gasteiger partial charge on any atom is 0.416 e. The summed E-state index contributed by atoms with van der Waals surface area (Å²) < 4.78 is 37.7. The van der Waals surface area contributed by atoms with Gasteiger partial charge in [-0.3, -0.25) is 4.99 Å². The summed E-state index contributed by atoms with van der Waals surface area (Å²) in [6.45, 7) is 3.36. The zero-order valence-electron chi connectivity index (χ0n) is 13.4. The van der Waals surface area contributed by atoms with Gasteiger partial charge in [0, 0.05) is 22.7 Å². The van der Waals surface area contributed by atoms with E-state index in [9.17, 15) is 23.3 Å². The topological polar surface area (TPSA) is 64.7 Å². The van der Waals surface area contributed by atoms with Gasteiger partial charge in [0.15, 0.2) is 0 Å². The average molecular weight is 362 g/mol. The normalized spacial score (nSPS) is 13.5. The third kappa shape index (κ3) is 6.23. The summed E-state index contributed by atoms with van der Waals surface area (Å²) in [4.78, 5) is 19.6. The molecule has 0 aliphatic carbocycles. The molecule has 0 N–H and O–H groups in total. The van der Waals surface area contributed by atoms with Crippen molar-refractivity contribution in [1.82, 2.24) is 0 Å². The Balaban J connectivity index is 2.92. The summed E-state index contributed by atoms with van der Waals surface area (Å²) in [5.41, 5.74) is 1.06. The maximum absolute atomic E-state index is 12.6. The van der Waals surface area contributed by atoms with Crippen LogP contribution in [-0.4, -0.2) is 23.7 Å². The number of alkyl halides is 3. The zero-order valence-corrected chi connectivity index (χ0v) is 14.2. The second kappa shape index (κ2) is 8.72. The molecule has 9 heteroatoms. The number of hydrogen-bond donors (Lipinski definition) is 0. The monoisotopic (exact) mass is 362 g/mol. The lowest BCUT2D eigenvalue weighted by molar-refractivity contribution is -0.757. The van der Waals surface area contributed by atoms with E-state index in [1.54, 1.807) is 13.8 Å². The molecule has 0 aliphatic rings. The van der Waals surface area contributed by atoms with E-state index in [1.165, 1.54) is 23.9 Å². The lowest BCUT2D eigenvalue weighted by Crippen LogP contribution is -2.05. The Labute approximate surface area is 141 Å². The van der Waals surface area contributed by atoms with Crippen LogP contribution in [0, 0.1) is 10.1 Å². The zero-order chi connectivity index (χ0) is 18.3. The van der Waals surface area contributed by atoms with Crippen molar-refractivity contribution in [1.29, 1.82) is 0 Å². The van der Waals surface area contributed by atoms with Crippen molar-refractivity contribution in [2.45, 2.75) is 26.4 Å². The van der Waals surface area contributed by atoms with E-state index in [0.717, 1.165) is 17.0 Å². The molecule has 5 nitrogen and oxygen atoms in total. The summed E-state index contributed by atoms with van der Waals surface area (Å²) in [6.07, 6.45) is -2.23. The molecule has 132 valence electrons. The van der Waals surface area contributed by atoms with Gasteiger partial charge >= 0.3 is 6.18 Å². The van der Waals surface area contributed by atoms with Crippen molar-refractivity contribution in [3.8, 4) is 0 Å². The Bertz CT molecular complexity index is 640. The fraction of sp³-hybridized carbons (Fsp3) is 0.400. The number of halogens is 3. The summed E-state index contributed by atoms with van der Waals surface area (Å²) >= 11 is 1.39. The SMILES string of the molecule is CS/C(CCO[N+](=O)[O-])=C(/C)N=C(C)c1ccc(C(F)(F)F)cc1. The van der Waals surface area contributed by atoms with E-state index in [-0.39, 0.29) is 6.61 Å². The van der Waals surface area contributed by atoms with Crippen molar-refractivity contribution in [3.63, 3.8) is 0 Å². The van der Waals surface area contributed by atoms with Crippen LogP contribution in [0.4, 0.5) is 13.2 Å². The fourth-order valence-electron chi connectivity index (χ4n) is 1.92. The number of hydrogen-bond acceptors (Lipinski definition) is 5. The van der Waals surface area contributed by atoms with Crippen LogP contribution >= 0.6 is 11.8 Å². The van der Waals surface area contributed by atoms with Gasteiger partial charge in [-0.1, -0.05) is 12.1 Å². The number of aliphatic imine (C=N–C) groups is 1. The predicted molar refractivity (Wildman–Crippen MR) is 87.4 cm³/mol. The minimum Gasteiger partial charge on any atom is -0.314 e. The highest BCUT2D eigenvalue weighted by molar-refractivity contribution is 8.02. The molecule has 0 saturated heterocycles. The van der Waals surface area contributed by atoms with Crippen molar-refractivity contribution < 1.29 is 23.1 Å². The first-order valence-corrected chi connectivity index (χ1v) is 8.11. The molecule has 1 aromatic rings. The molecule has 0 heterocycles. The van der Waals surface area contributed by atoms with Crippen LogP contribution in [0.1, 0.15) is 31.4 Å². The summed E-state index contributed by atoms with van der Waals surface area (Å²) in [5, 5.41) is 9.30. The molecule has 1 aromatic carbocycles. The van der Waals surface area contributed by atoms with Gasteiger partial charge in [-0.05, 0) is 37.8 Å². The van der Waals surface area contributed by atoms with Crippen LogP contribution in [0.25, 0.3) is 0 Å². The highest BCUT2D eigenvalue weighted by Gasteiger charge is 2.29. The molecule has 0 saturated carbocycles. The van der Waals surface area contributed by atoms with Crippen LogP contribution in [0.3, 0.4) is 0 Å². The molecule has 0 spiro atoms. The molecule has 0 unspecified atom stereocenters. The van der Waals surface area contributed by atoms with Gasteiger partial charge in [0.2, 0.25) is 0 Å². The molecule has 0 atom stereocenters. The van der Waals surface area contributed by atoms with E-state index >= 15 is 0 Å². The third-order valence-corrected chi connectivity index (χ3v) is 4.13. The Hall–Kier alpha value is -2.03. The number of allylic oxidation sites excluding steroid dienone is 1. The maximum atomic E-state index is 12.6. The van der Waals surface area contributed by atoms with Gasteiger partial charge in [0.1, 0.15) is 6.61 Å². The number of thioether (sulfide) groups is 1. The number of benzene rings is 1. The van der Waals surface area contributed by atoms with Gasteiger partial charge in [-0.15, -0.1) is 21.9 Å². The molecular formula is C15H17F3N2O3S. The van der Waals surface area contributed by atoms with Crippen molar-refractivity contribution in [2.75, 3.05) is 12.9 Å². The van der Waals surface area contributed by atoms with Crippen LogP contribution < -0.4 is 0 Å². The van der Waals surface area contributed by atoms with E-state index in [4.69, 9.17) is 0 Å². The van der Waals surface area contributed by atoms with Crippen molar-refractivity contribution >= 4 is 17.5 Å². The lowest BCUT2D eigenvalue weighted by atomic mass is 10.1. The van der Waals surface area contributed by atoms with Crippen molar-refractivity contribution in [2.24, 2.45) is 4.99 Å². The minimum atomic E-state index is -4.37. The first kappa shape index (κ1) is 20.0. The number of nitrogens with zero attached hydrogens (tertiary/aromatic N) is 2.